The minimum atomic E-state index is -4.82. The summed E-state index contributed by atoms with van der Waals surface area (Å²) < 4.78 is 67.5. The summed E-state index contributed by atoms with van der Waals surface area (Å²) in [6.45, 7) is 0.973. The van der Waals surface area contributed by atoms with Gasteiger partial charge in [-0.3, -0.25) is 9.10 Å². The van der Waals surface area contributed by atoms with Gasteiger partial charge in [-0.2, -0.15) is 13.2 Å². The van der Waals surface area contributed by atoms with E-state index in [0.717, 1.165) is 17.7 Å². The van der Waals surface area contributed by atoms with Gasteiger partial charge in [0.25, 0.3) is 10.0 Å². The first kappa shape index (κ1) is 24.9. The van der Waals surface area contributed by atoms with Crippen LogP contribution in [-0.2, 0) is 21.0 Å². The zero-order chi connectivity index (χ0) is 24.4. The smallest absolute Gasteiger partial charge is 0.325 e. The first-order chi connectivity index (χ1) is 15.4. The lowest BCUT2D eigenvalue weighted by molar-refractivity contribution is -0.137. The summed E-state index contributed by atoms with van der Waals surface area (Å²) in [7, 11) is -4.40. The lowest BCUT2D eigenvalue weighted by Crippen LogP contribution is -2.38. The van der Waals surface area contributed by atoms with Gasteiger partial charge in [0.2, 0.25) is 5.91 Å². The normalized spacial score (nSPS) is 11.8. The van der Waals surface area contributed by atoms with Crippen LogP contribution in [0.25, 0.3) is 0 Å². The first-order valence-corrected chi connectivity index (χ1v) is 11.6. The number of sulfonamides is 1. The molecule has 11 heteroatoms. The predicted molar refractivity (Wildman–Crippen MR) is 122 cm³/mol. The molecule has 1 amide bonds. The van der Waals surface area contributed by atoms with Crippen LogP contribution in [-0.4, -0.2) is 20.9 Å². The topological polar surface area (TPSA) is 66.5 Å². The second kappa shape index (κ2) is 9.62. The van der Waals surface area contributed by atoms with E-state index in [1.165, 1.54) is 36.4 Å². The van der Waals surface area contributed by atoms with E-state index in [4.69, 9.17) is 23.2 Å². The Balaban J connectivity index is 2.04. The Bertz CT molecular complexity index is 1260. The number of anilines is 2. The average molecular weight is 517 g/mol. The van der Waals surface area contributed by atoms with Crippen LogP contribution in [0.4, 0.5) is 24.5 Å². The lowest BCUT2D eigenvalue weighted by atomic mass is 10.2. The van der Waals surface area contributed by atoms with Gasteiger partial charge in [-0.05, 0) is 61.5 Å². The number of aryl methyl sites for hydroxylation is 1. The third kappa shape index (κ3) is 5.98. The molecular weight excluding hydrogens is 500 g/mol. The van der Waals surface area contributed by atoms with E-state index in [1.54, 1.807) is 19.1 Å². The molecule has 3 aromatic carbocycles. The van der Waals surface area contributed by atoms with Crippen LogP contribution >= 0.6 is 23.2 Å². The van der Waals surface area contributed by atoms with Crippen molar-refractivity contribution in [1.29, 1.82) is 0 Å². The van der Waals surface area contributed by atoms with E-state index in [2.05, 4.69) is 5.32 Å². The van der Waals surface area contributed by atoms with Gasteiger partial charge in [-0.1, -0.05) is 40.9 Å². The molecule has 0 heterocycles. The summed E-state index contributed by atoms with van der Waals surface area (Å²) >= 11 is 11.5. The summed E-state index contributed by atoms with van der Waals surface area (Å²) in [6, 6.07) is 14.4. The molecule has 0 saturated heterocycles. The summed E-state index contributed by atoms with van der Waals surface area (Å²) in [5, 5.41) is 2.34. The number of hydrogen-bond acceptors (Lipinski definition) is 3. The molecule has 0 fully saturated rings. The number of nitrogens with one attached hydrogen (secondary N) is 1. The molecule has 0 aliphatic heterocycles. The maximum absolute atomic E-state index is 13.4. The number of nitrogens with zero attached hydrogens (tertiary/aromatic N) is 1. The molecule has 0 atom stereocenters. The molecular formula is C22H17Cl2F3N2O3S. The molecule has 5 nitrogen and oxygen atoms in total. The van der Waals surface area contributed by atoms with Gasteiger partial charge in [0, 0.05) is 10.7 Å². The highest BCUT2D eigenvalue weighted by Gasteiger charge is 2.35. The van der Waals surface area contributed by atoms with Gasteiger partial charge in [0.05, 0.1) is 21.2 Å². The Kier molecular flexibility index (Phi) is 7.26. The molecule has 33 heavy (non-hydrogen) atoms. The molecule has 3 rings (SSSR count). The second-order valence-corrected chi connectivity index (χ2v) is 9.75. The van der Waals surface area contributed by atoms with Crippen molar-refractivity contribution in [2.24, 2.45) is 0 Å². The van der Waals surface area contributed by atoms with Crippen molar-refractivity contribution in [1.82, 2.24) is 0 Å². The molecule has 0 aromatic heterocycles. The van der Waals surface area contributed by atoms with E-state index < -0.39 is 39.2 Å². The molecule has 0 spiro atoms. The van der Waals surface area contributed by atoms with Crippen LogP contribution in [0.1, 0.15) is 11.1 Å². The van der Waals surface area contributed by atoms with Crippen LogP contribution in [0, 0.1) is 6.92 Å². The number of hydrogen-bond donors (Lipinski definition) is 1. The minimum absolute atomic E-state index is 0.184. The highest BCUT2D eigenvalue weighted by Crippen LogP contribution is 2.38. The standard InChI is InChI=1S/C22H17Cl2F3N2O3S/c1-14-2-9-18(10-3-14)33(31,32)29(13-21(30)28-16-6-4-15(23)5-7-16)17-8-11-20(24)19(12-17)22(25,26)27/h2-12H,13H2,1H3,(H,28,30). The summed E-state index contributed by atoms with van der Waals surface area (Å²) in [6.07, 6.45) is -4.82. The fourth-order valence-corrected chi connectivity index (χ4v) is 4.67. The van der Waals surface area contributed by atoms with Crippen LogP contribution < -0.4 is 9.62 Å². The number of benzene rings is 3. The van der Waals surface area contributed by atoms with Gasteiger partial charge in [-0.25, -0.2) is 8.42 Å². The molecule has 174 valence electrons. The Labute approximate surface area is 198 Å². The van der Waals surface area contributed by atoms with Crippen LogP contribution in [0.2, 0.25) is 10.0 Å². The fraction of sp³-hybridized carbons (Fsp3) is 0.136. The predicted octanol–water partition coefficient (Wildman–Crippen LogP) is 6.15. The van der Waals surface area contributed by atoms with Crippen LogP contribution in [0.3, 0.4) is 0 Å². The third-order valence-electron chi connectivity index (χ3n) is 4.57. The van der Waals surface area contributed by atoms with E-state index in [9.17, 15) is 26.4 Å². The SMILES string of the molecule is Cc1ccc(S(=O)(=O)N(CC(=O)Nc2ccc(Cl)cc2)c2ccc(Cl)c(C(F)(F)F)c2)cc1. The molecule has 0 bridgehead atoms. The lowest BCUT2D eigenvalue weighted by Gasteiger charge is -2.25. The van der Waals surface area contributed by atoms with Crippen molar-refractivity contribution in [3.05, 3.63) is 87.9 Å². The van der Waals surface area contributed by atoms with E-state index in [1.807, 2.05) is 0 Å². The summed E-state index contributed by atoms with van der Waals surface area (Å²) in [4.78, 5) is 12.5. The molecule has 0 aliphatic rings. The van der Waals surface area contributed by atoms with Gasteiger partial charge in [0.1, 0.15) is 6.54 Å². The van der Waals surface area contributed by atoms with Gasteiger partial charge < -0.3 is 5.32 Å². The van der Waals surface area contributed by atoms with E-state index >= 15 is 0 Å². The quantitative estimate of drug-likeness (QED) is 0.426. The summed E-state index contributed by atoms with van der Waals surface area (Å²) in [5.74, 6) is -0.767. The van der Waals surface area contributed by atoms with Crippen molar-refractivity contribution < 1.29 is 26.4 Å². The molecule has 1 N–H and O–H groups in total. The number of rotatable bonds is 6. The number of carbonyl (C=O) groups is 1. The molecule has 0 saturated carbocycles. The van der Waals surface area contributed by atoms with Gasteiger partial charge >= 0.3 is 6.18 Å². The van der Waals surface area contributed by atoms with Crippen molar-refractivity contribution in [3.8, 4) is 0 Å². The summed E-state index contributed by atoms with van der Waals surface area (Å²) in [5.41, 5.74) is -0.460. The zero-order valence-electron chi connectivity index (χ0n) is 17.0. The molecule has 0 unspecified atom stereocenters. The number of carbonyl (C=O) groups excluding carboxylic acids is 1. The third-order valence-corrected chi connectivity index (χ3v) is 6.94. The highest BCUT2D eigenvalue weighted by atomic mass is 35.5. The zero-order valence-corrected chi connectivity index (χ0v) is 19.4. The van der Waals surface area contributed by atoms with E-state index in [0.29, 0.717) is 21.1 Å². The monoisotopic (exact) mass is 516 g/mol. The Hall–Kier alpha value is -2.75. The number of halogens is 5. The van der Waals surface area contributed by atoms with Crippen LogP contribution in [0.15, 0.2) is 71.6 Å². The van der Waals surface area contributed by atoms with Crippen molar-refractivity contribution >= 4 is 50.5 Å². The number of amides is 1. The Morgan fingerprint density at radius 1 is 0.970 bits per heavy atom. The van der Waals surface area contributed by atoms with Crippen molar-refractivity contribution in [2.75, 3.05) is 16.2 Å². The molecule has 0 radical (unpaired) electrons. The number of alkyl halides is 3. The van der Waals surface area contributed by atoms with Crippen LogP contribution in [0.5, 0.6) is 0 Å². The van der Waals surface area contributed by atoms with Crippen molar-refractivity contribution in [2.45, 2.75) is 18.0 Å². The largest absolute Gasteiger partial charge is 0.417 e. The van der Waals surface area contributed by atoms with Crippen molar-refractivity contribution in [3.63, 3.8) is 0 Å². The highest BCUT2D eigenvalue weighted by molar-refractivity contribution is 7.92. The fourth-order valence-electron chi connectivity index (χ4n) is 2.90. The maximum atomic E-state index is 13.4. The second-order valence-electron chi connectivity index (χ2n) is 7.04. The Morgan fingerprint density at radius 2 is 1.58 bits per heavy atom. The average Bonchev–Trinajstić information content (AvgIpc) is 2.73. The molecule has 0 aliphatic carbocycles. The minimum Gasteiger partial charge on any atom is -0.325 e. The molecule has 3 aromatic rings. The maximum Gasteiger partial charge on any atom is 0.417 e. The van der Waals surface area contributed by atoms with E-state index in [-0.39, 0.29) is 10.6 Å². The Morgan fingerprint density at radius 3 is 2.15 bits per heavy atom. The first-order valence-electron chi connectivity index (χ1n) is 9.39. The van der Waals surface area contributed by atoms with Gasteiger partial charge in [0.15, 0.2) is 0 Å². The van der Waals surface area contributed by atoms with Gasteiger partial charge in [-0.15, -0.1) is 0 Å².